The van der Waals surface area contributed by atoms with Crippen molar-refractivity contribution in [2.75, 3.05) is 20.7 Å². The van der Waals surface area contributed by atoms with E-state index in [0.717, 1.165) is 0 Å². The lowest BCUT2D eigenvalue weighted by atomic mass is 10.4. The molecular weight excluding hydrogens is 160 g/mol. The van der Waals surface area contributed by atoms with Gasteiger partial charge < -0.3 is 4.74 Å². The monoisotopic (exact) mass is 174 g/mol. The van der Waals surface area contributed by atoms with Gasteiger partial charge in [0.1, 0.15) is 6.54 Å². The topological polar surface area (TPSA) is 58.6 Å². The maximum absolute atomic E-state index is 11.1. The van der Waals surface area contributed by atoms with E-state index in [1.807, 2.05) is 0 Å². The number of carbonyl (C=O) groups excluding carboxylic acids is 2. The highest BCUT2D eigenvalue weighted by Crippen LogP contribution is 1.89. The SMILES string of the molecule is CCC(=O)N(CC(=O)OC)NC. The molecule has 0 bridgehead atoms. The van der Waals surface area contributed by atoms with E-state index in [-0.39, 0.29) is 12.5 Å². The minimum atomic E-state index is -0.439. The summed E-state index contributed by atoms with van der Waals surface area (Å²) in [7, 11) is 2.86. The molecule has 0 unspecified atom stereocenters. The van der Waals surface area contributed by atoms with Crippen molar-refractivity contribution in [1.82, 2.24) is 10.4 Å². The molecule has 0 aromatic carbocycles. The van der Waals surface area contributed by atoms with Crippen LogP contribution in [0.25, 0.3) is 0 Å². The van der Waals surface area contributed by atoms with Crippen molar-refractivity contribution in [3.05, 3.63) is 0 Å². The maximum atomic E-state index is 11.1. The fraction of sp³-hybridized carbons (Fsp3) is 0.714. The second-order valence-corrected chi connectivity index (χ2v) is 2.13. The molecule has 0 radical (unpaired) electrons. The summed E-state index contributed by atoms with van der Waals surface area (Å²) in [4.78, 5) is 21.8. The van der Waals surface area contributed by atoms with Gasteiger partial charge in [-0.1, -0.05) is 6.92 Å². The molecule has 12 heavy (non-hydrogen) atoms. The van der Waals surface area contributed by atoms with E-state index in [4.69, 9.17) is 0 Å². The summed E-state index contributed by atoms with van der Waals surface area (Å²) in [5.41, 5.74) is 2.60. The Morgan fingerprint density at radius 1 is 1.50 bits per heavy atom. The van der Waals surface area contributed by atoms with Gasteiger partial charge in [0.25, 0.3) is 0 Å². The Hall–Kier alpha value is -1.10. The van der Waals surface area contributed by atoms with Crippen molar-refractivity contribution in [1.29, 1.82) is 0 Å². The van der Waals surface area contributed by atoms with Gasteiger partial charge in [-0.25, -0.2) is 5.43 Å². The van der Waals surface area contributed by atoms with E-state index in [9.17, 15) is 9.59 Å². The lowest BCUT2D eigenvalue weighted by Gasteiger charge is -2.18. The molecule has 0 heterocycles. The van der Waals surface area contributed by atoms with Crippen molar-refractivity contribution in [3.63, 3.8) is 0 Å². The van der Waals surface area contributed by atoms with E-state index in [0.29, 0.717) is 6.42 Å². The molecule has 1 N–H and O–H groups in total. The molecule has 0 aromatic heterocycles. The molecule has 0 fully saturated rings. The quantitative estimate of drug-likeness (QED) is 0.462. The van der Waals surface area contributed by atoms with E-state index in [1.54, 1.807) is 14.0 Å². The molecule has 0 aliphatic carbocycles. The Labute approximate surface area is 71.6 Å². The zero-order valence-corrected chi connectivity index (χ0v) is 7.59. The molecule has 5 nitrogen and oxygen atoms in total. The van der Waals surface area contributed by atoms with E-state index in [1.165, 1.54) is 12.1 Å². The summed E-state index contributed by atoms with van der Waals surface area (Å²) in [6.07, 6.45) is 0.359. The van der Waals surface area contributed by atoms with Crippen LogP contribution < -0.4 is 5.43 Å². The number of ether oxygens (including phenoxy) is 1. The molecule has 1 amide bonds. The second-order valence-electron chi connectivity index (χ2n) is 2.13. The smallest absolute Gasteiger partial charge is 0.327 e. The Morgan fingerprint density at radius 2 is 2.08 bits per heavy atom. The van der Waals surface area contributed by atoms with E-state index < -0.39 is 5.97 Å². The number of nitrogens with one attached hydrogen (secondary N) is 1. The third kappa shape index (κ3) is 3.34. The Morgan fingerprint density at radius 3 is 2.42 bits per heavy atom. The van der Waals surface area contributed by atoms with Crippen LogP contribution >= 0.6 is 0 Å². The van der Waals surface area contributed by atoms with Gasteiger partial charge in [-0.2, -0.15) is 0 Å². The fourth-order valence-electron chi connectivity index (χ4n) is 0.676. The number of hydrogen-bond donors (Lipinski definition) is 1. The Bertz CT molecular complexity index is 170. The van der Waals surface area contributed by atoms with Crippen LogP contribution in [0.5, 0.6) is 0 Å². The number of methoxy groups -OCH3 is 1. The third-order valence-electron chi connectivity index (χ3n) is 1.39. The van der Waals surface area contributed by atoms with Crippen LogP contribution in [0, 0.1) is 0 Å². The summed E-state index contributed by atoms with van der Waals surface area (Å²) in [5.74, 6) is -0.575. The molecule has 0 aliphatic rings. The second kappa shape index (κ2) is 5.54. The predicted octanol–water partition coefficient (Wildman–Crippen LogP) is -0.468. The molecule has 0 spiro atoms. The molecule has 0 saturated carbocycles. The van der Waals surface area contributed by atoms with Gasteiger partial charge in [-0.05, 0) is 0 Å². The number of carbonyl (C=O) groups is 2. The van der Waals surface area contributed by atoms with Gasteiger partial charge in [-0.3, -0.25) is 14.6 Å². The summed E-state index contributed by atoms with van der Waals surface area (Å²) in [6, 6.07) is 0. The largest absolute Gasteiger partial charge is 0.468 e. The Kier molecular flexibility index (Phi) is 5.03. The van der Waals surface area contributed by atoms with Crippen molar-refractivity contribution in [2.45, 2.75) is 13.3 Å². The maximum Gasteiger partial charge on any atom is 0.327 e. The van der Waals surface area contributed by atoms with Gasteiger partial charge in [0.15, 0.2) is 0 Å². The molecule has 0 saturated heterocycles. The summed E-state index contributed by atoms with van der Waals surface area (Å²) < 4.78 is 4.40. The average Bonchev–Trinajstić information content (AvgIpc) is 2.12. The molecule has 0 rings (SSSR count). The highest BCUT2D eigenvalue weighted by molar-refractivity contribution is 5.81. The van der Waals surface area contributed by atoms with Crippen molar-refractivity contribution in [3.8, 4) is 0 Å². The highest BCUT2D eigenvalue weighted by Gasteiger charge is 2.13. The van der Waals surface area contributed by atoms with Crippen LogP contribution in [-0.4, -0.2) is 37.6 Å². The van der Waals surface area contributed by atoms with E-state index in [2.05, 4.69) is 10.2 Å². The first-order valence-corrected chi connectivity index (χ1v) is 3.70. The van der Waals surface area contributed by atoms with Crippen LogP contribution in [0.3, 0.4) is 0 Å². The van der Waals surface area contributed by atoms with Gasteiger partial charge >= 0.3 is 5.97 Å². The molecule has 0 aromatic rings. The zero-order valence-electron chi connectivity index (χ0n) is 7.59. The number of esters is 1. The van der Waals surface area contributed by atoms with Crippen molar-refractivity contribution < 1.29 is 14.3 Å². The van der Waals surface area contributed by atoms with Crippen LogP contribution in [0.15, 0.2) is 0 Å². The predicted molar refractivity (Wildman–Crippen MR) is 43.1 cm³/mol. The number of rotatable bonds is 4. The van der Waals surface area contributed by atoms with Gasteiger partial charge in [0, 0.05) is 13.5 Å². The van der Waals surface area contributed by atoms with Crippen LogP contribution in [-0.2, 0) is 14.3 Å². The van der Waals surface area contributed by atoms with Gasteiger partial charge in [0.2, 0.25) is 5.91 Å². The molecule has 5 heteroatoms. The normalized spacial score (nSPS) is 9.25. The first-order valence-electron chi connectivity index (χ1n) is 3.70. The standard InChI is InChI=1S/C7H14N2O3/c1-4-6(10)9(8-2)5-7(11)12-3/h8H,4-5H2,1-3H3. The van der Waals surface area contributed by atoms with Crippen LogP contribution in [0.4, 0.5) is 0 Å². The molecular formula is C7H14N2O3. The molecule has 70 valence electrons. The highest BCUT2D eigenvalue weighted by atomic mass is 16.5. The summed E-state index contributed by atoms with van der Waals surface area (Å²) in [5, 5.41) is 1.21. The van der Waals surface area contributed by atoms with Gasteiger partial charge in [0.05, 0.1) is 7.11 Å². The summed E-state index contributed by atoms with van der Waals surface area (Å²) >= 11 is 0. The summed E-state index contributed by atoms with van der Waals surface area (Å²) in [6.45, 7) is 1.67. The zero-order chi connectivity index (χ0) is 9.56. The number of hydrazine groups is 1. The fourth-order valence-corrected chi connectivity index (χ4v) is 0.676. The number of nitrogens with zero attached hydrogens (tertiary/aromatic N) is 1. The Balaban J connectivity index is 3.99. The lowest BCUT2D eigenvalue weighted by Crippen LogP contribution is -2.43. The third-order valence-corrected chi connectivity index (χ3v) is 1.39. The van der Waals surface area contributed by atoms with Crippen LogP contribution in [0.2, 0.25) is 0 Å². The molecule has 0 atom stereocenters. The van der Waals surface area contributed by atoms with Crippen LogP contribution in [0.1, 0.15) is 13.3 Å². The van der Waals surface area contributed by atoms with E-state index >= 15 is 0 Å². The first-order chi connectivity index (χ1) is 5.65. The minimum absolute atomic E-state index is 0.0559. The first kappa shape index (κ1) is 10.9. The van der Waals surface area contributed by atoms with Gasteiger partial charge in [-0.15, -0.1) is 0 Å². The lowest BCUT2D eigenvalue weighted by molar-refractivity contribution is -0.148. The molecule has 0 aliphatic heterocycles. The average molecular weight is 174 g/mol. The van der Waals surface area contributed by atoms with Crippen molar-refractivity contribution >= 4 is 11.9 Å². The number of hydrogen-bond acceptors (Lipinski definition) is 4. The van der Waals surface area contributed by atoms with Crippen molar-refractivity contribution in [2.24, 2.45) is 0 Å². The number of amides is 1. The minimum Gasteiger partial charge on any atom is -0.468 e.